The second kappa shape index (κ2) is 13.4. The number of aromatic nitrogens is 2. The molecule has 18 heteroatoms. The van der Waals surface area contributed by atoms with E-state index in [0.717, 1.165) is 18.8 Å². The number of rotatable bonds is 14. The zero-order valence-corrected chi connectivity index (χ0v) is 27.9. The van der Waals surface area contributed by atoms with Gasteiger partial charge in [0.25, 0.3) is 0 Å². The number of aryl methyl sites for hydroxylation is 1. The molecule has 4 aromatic rings. The Bertz CT molecular complexity index is 2060. The number of hydrogen-bond acceptors (Lipinski definition) is 15. The third kappa shape index (κ3) is 8.79. The molecule has 0 aliphatic heterocycles. The van der Waals surface area contributed by atoms with Gasteiger partial charge in [-0.05, 0) is 41.5 Å². The van der Waals surface area contributed by atoms with Crippen LogP contribution in [0.4, 0.5) is 0 Å². The van der Waals surface area contributed by atoms with Gasteiger partial charge in [-0.1, -0.05) is 30.3 Å². The molecule has 0 N–H and O–H groups in total. The minimum atomic E-state index is -4.17. The van der Waals surface area contributed by atoms with Crippen molar-refractivity contribution in [3.8, 4) is 56.8 Å². The summed E-state index contributed by atoms with van der Waals surface area (Å²) in [5.74, 6) is 0.200. The number of hydrogen-bond donors (Lipinski definition) is 0. The summed E-state index contributed by atoms with van der Waals surface area (Å²) in [6.45, 7) is 1.66. The maximum Gasteiger partial charge on any atom is 0.306 e. The van der Waals surface area contributed by atoms with Crippen LogP contribution < -0.4 is 26.8 Å². The first-order valence-corrected chi connectivity index (χ1v) is 18.6. The molecule has 0 saturated heterocycles. The first kappa shape index (κ1) is 34.3. The van der Waals surface area contributed by atoms with Gasteiger partial charge >= 0.3 is 30.4 Å². The molecular formula is C28H30N2O13S3. The van der Waals surface area contributed by atoms with E-state index in [1.54, 1.807) is 6.07 Å². The Labute approximate surface area is 266 Å². The average molecular weight is 699 g/mol. The largest absolute Gasteiger partial charge is 0.496 e. The highest BCUT2D eigenvalue weighted by Crippen LogP contribution is 2.51. The highest BCUT2D eigenvalue weighted by atomic mass is 32.2. The van der Waals surface area contributed by atoms with Gasteiger partial charge in [-0.25, -0.2) is 0 Å². The van der Waals surface area contributed by atoms with Crippen molar-refractivity contribution in [3.05, 3.63) is 60.2 Å². The van der Waals surface area contributed by atoms with E-state index in [9.17, 15) is 25.3 Å². The number of nitrogens with zero attached hydrogens (tertiary/aromatic N) is 2. The lowest BCUT2D eigenvalue weighted by atomic mass is 9.96. The van der Waals surface area contributed by atoms with E-state index in [1.165, 1.54) is 56.7 Å². The minimum Gasteiger partial charge on any atom is -0.496 e. The van der Waals surface area contributed by atoms with Crippen molar-refractivity contribution in [1.29, 1.82) is 0 Å². The molecule has 0 radical (unpaired) electrons. The SMILES string of the molecule is CCc1nc(COc2ccc(-c3c(OC)cc(-c4ccc(OS(C)(=O)=O)cc4)c(OC)c3OS(C)(=O)=O)cc2OS(C)(=O)=O)no1. The lowest BCUT2D eigenvalue weighted by Gasteiger charge is -2.21. The van der Waals surface area contributed by atoms with Gasteiger partial charge in [0.1, 0.15) is 11.5 Å². The zero-order valence-electron chi connectivity index (χ0n) is 25.5. The molecule has 0 aliphatic carbocycles. The molecule has 0 bridgehead atoms. The minimum absolute atomic E-state index is 0.00144. The van der Waals surface area contributed by atoms with Crippen LogP contribution in [0, 0.1) is 0 Å². The van der Waals surface area contributed by atoms with Crippen LogP contribution in [0.25, 0.3) is 22.3 Å². The molecule has 0 fully saturated rings. The van der Waals surface area contributed by atoms with E-state index in [1.807, 2.05) is 6.92 Å². The highest BCUT2D eigenvalue weighted by molar-refractivity contribution is 7.86. The van der Waals surface area contributed by atoms with Gasteiger partial charge in [-0.3, -0.25) is 0 Å². The van der Waals surface area contributed by atoms with E-state index in [4.69, 9.17) is 31.3 Å². The number of benzene rings is 3. The number of methoxy groups -OCH3 is 2. The van der Waals surface area contributed by atoms with Crippen LogP contribution in [-0.2, 0) is 43.4 Å². The van der Waals surface area contributed by atoms with Gasteiger partial charge in [-0.2, -0.15) is 30.2 Å². The van der Waals surface area contributed by atoms with E-state index in [2.05, 4.69) is 10.1 Å². The average Bonchev–Trinajstić information content (AvgIpc) is 3.42. The normalized spacial score (nSPS) is 12.0. The van der Waals surface area contributed by atoms with Gasteiger partial charge < -0.3 is 31.3 Å². The van der Waals surface area contributed by atoms with Crippen molar-refractivity contribution in [3.63, 3.8) is 0 Å². The first-order valence-electron chi connectivity index (χ1n) is 13.2. The van der Waals surface area contributed by atoms with E-state index >= 15 is 0 Å². The van der Waals surface area contributed by atoms with E-state index < -0.39 is 30.4 Å². The first-order chi connectivity index (χ1) is 21.5. The second-order valence-corrected chi connectivity index (χ2v) is 14.4. The smallest absolute Gasteiger partial charge is 0.306 e. The van der Waals surface area contributed by atoms with Gasteiger partial charge in [0.05, 0.1) is 38.6 Å². The summed E-state index contributed by atoms with van der Waals surface area (Å²) >= 11 is 0. The van der Waals surface area contributed by atoms with E-state index in [0.29, 0.717) is 23.4 Å². The lowest BCUT2D eigenvalue weighted by Crippen LogP contribution is -2.10. The molecule has 1 heterocycles. The van der Waals surface area contributed by atoms with Crippen LogP contribution in [0.2, 0.25) is 0 Å². The fourth-order valence-corrected chi connectivity index (χ4v) is 5.59. The Morgan fingerprint density at radius 3 is 1.87 bits per heavy atom. The highest BCUT2D eigenvalue weighted by Gasteiger charge is 2.27. The van der Waals surface area contributed by atoms with Gasteiger partial charge in [0.2, 0.25) is 11.7 Å². The van der Waals surface area contributed by atoms with Crippen molar-refractivity contribution in [2.75, 3.05) is 33.0 Å². The maximum absolute atomic E-state index is 12.5. The van der Waals surface area contributed by atoms with Gasteiger partial charge in [-0.15, -0.1) is 0 Å². The summed E-state index contributed by atoms with van der Waals surface area (Å²) in [5, 5.41) is 3.80. The fourth-order valence-electron chi connectivity index (χ4n) is 4.21. The molecule has 0 saturated carbocycles. The van der Waals surface area contributed by atoms with Crippen molar-refractivity contribution < 1.29 is 56.5 Å². The molecule has 3 aromatic carbocycles. The summed E-state index contributed by atoms with van der Waals surface area (Å²) in [7, 11) is -9.39. The van der Waals surface area contributed by atoms with Crippen LogP contribution in [0.1, 0.15) is 18.6 Å². The molecule has 46 heavy (non-hydrogen) atoms. The molecule has 0 spiro atoms. The van der Waals surface area contributed by atoms with Crippen LogP contribution in [0.5, 0.6) is 34.5 Å². The Morgan fingerprint density at radius 1 is 0.696 bits per heavy atom. The lowest BCUT2D eigenvalue weighted by molar-refractivity contribution is 0.278. The molecule has 0 aliphatic rings. The molecule has 0 unspecified atom stereocenters. The Balaban J connectivity index is 1.89. The zero-order chi connectivity index (χ0) is 33.9. The Morgan fingerprint density at radius 2 is 1.33 bits per heavy atom. The number of ether oxygens (including phenoxy) is 3. The van der Waals surface area contributed by atoms with Crippen LogP contribution in [0.3, 0.4) is 0 Å². The van der Waals surface area contributed by atoms with Crippen molar-refractivity contribution in [2.24, 2.45) is 0 Å². The van der Waals surface area contributed by atoms with Crippen LogP contribution >= 0.6 is 0 Å². The molecule has 0 atom stereocenters. The van der Waals surface area contributed by atoms with Crippen LogP contribution in [-0.4, -0.2) is 68.4 Å². The quantitative estimate of drug-likeness (QED) is 0.173. The summed E-state index contributed by atoms with van der Waals surface area (Å²) in [5.41, 5.74) is 1.04. The third-order valence-corrected chi connectivity index (χ3v) is 7.36. The third-order valence-electron chi connectivity index (χ3n) is 5.91. The molecule has 248 valence electrons. The predicted molar refractivity (Wildman–Crippen MR) is 165 cm³/mol. The maximum atomic E-state index is 12.5. The standard InChI is InChI=1S/C28H30N2O13S3/c1-7-25-29-24(30-40-25)16-39-21-13-10-18(14-22(21)42-45(5,33)34)26-23(37-2)15-20(27(38-3)28(26)43-46(6,35)36)17-8-11-19(12-9-17)41-44(4,31)32/h8-15H,7,16H2,1-6H3. The second-order valence-electron chi connectivity index (χ2n) is 9.66. The Hall–Kier alpha value is -4.55. The summed E-state index contributed by atoms with van der Waals surface area (Å²) in [6.07, 6.45) is 3.10. The van der Waals surface area contributed by atoms with Crippen LogP contribution in [0.15, 0.2) is 53.1 Å². The van der Waals surface area contributed by atoms with Gasteiger partial charge in [0.15, 0.2) is 29.6 Å². The summed E-state index contributed by atoms with van der Waals surface area (Å²) in [6, 6.07) is 11.6. The molecule has 0 amide bonds. The summed E-state index contributed by atoms with van der Waals surface area (Å²) in [4.78, 5) is 4.15. The molecular weight excluding hydrogens is 669 g/mol. The van der Waals surface area contributed by atoms with Crippen molar-refractivity contribution in [2.45, 2.75) is 20.0 Å². The predicted octanol–water partition coefficient (Wildman–Crippen LogP) is 3.58. The Kier molecular flexibility index (Phi) is 10.0. The van der Waals surface area contributed by atoms with Crippen molar-refractivity contribution >= 4 is 30.4 Å². The molecule has 1 aromatic heterocycles. The molecule has 15 nitrogen and oxygen atoms in total. The monoisotopic (exact) mass is 698 g/mol. The topological polar surface area (TPSA) is 197 Å². The van der Waals surface area contributed by atoms with Crippen molar-refractivity contribution in [1.82, 2.24) is 10.1 Å². The summed E-state index contributed by atoms with van der Waals surface area (Å²) < 4.78 is 110. The van der Waals surface area contributed by atoms with E-state index in [-0.39, 0.29) is 58.1 Å². The van der Waals surface area contributed by atoms with Gasteiger partial charge in [0, 0.05) is 12.0 Å². The fraction of sp³-hybridized carbons (Fsp3) is 0.286. The molecule has 4 rings (SSSR count).